The number of carbonyl (C=O) groups excluding carboxylic acids is 1. The first-order valence-corrected chi connectivity index (χ1v) is 9.85. The fourth-order valence-electron chi connectivity index (χ4n) is 3.99. The first-order chi connectivity index (χ1) is 13.1. The maximum absolute atomic E-state index is 13.5. The molecule has 0 radical (unpaired) electrons. The molecule has 0 N–H and O–H groups in total. The predicted molar refractivity (Wildman–Crippen MR) is 107 cm³/mol. The Morgan fingerprint density at radius 2 is 2.00 bits per heavy atom. The average molecular weight is 362 g/mol. The maximum Gasteiger partial charge on any atom is 0.254 e. The van der Waals surface area contributed by atoms with Crippen molar-refractivity contribution in [1.29, 1.82) is 0 Å². The van der Waals surface area contributed by atoms with E-state index >= 15 is 0 Å². The standard InChI is InChI=1S/C22H26N4O/c1-4-17-14-19(22(27)25-13-9-8-10-15(25)2)20-16(3)24-26(21(20)23-17)18-11-6-5-7-12-18/h5-7,11-12,14-15H,4,8-10,13H2,1-3H3. The van der Waals surface area contributed by atoms with Gasteiger partial charge in [0.25, 0.3) is 5.91 Å². The molecule has 0 aliphatic carbocycles. The van der Waals surface area contributed by atoms with Crippen LogP contribution in [-0.4, -0.2) is 38.2 Å². The SMILES string of the molecule is CCc1cc(C(=O)N2CCCCC2C)c2c(C)nn(-c3ccccc3)c2n1. The molecule has 4 rings (SSSR count). The molecule has 140 valence electrons. The lowest BCUT2D eigenvalue weighted by molar-refractivity contribution is 0.0637. The summed E-state index contributed by atoms with van der Waals surface area (Å²) in [5.41, 5.74) is 4.24. The van der Waals surface area contributed by atoms with Gasteiger partial charge in [-0.1, -0.05) is 25.1 Å². The Bertz CT molecular complexity index is 977. The van der Waals surface area contributed by atoms with E-state index in [1.54, 1.807) is 0 Å². The highest BCUT2D eigenvalue weighted by Crippen LogP contribution is 2.28. The topological polar surface area (TPSA) is 51.0 Å². The van der Waals surface area contributed by atoms with E-state index in [4.69, 9.17) is 10.1 Å². The number of likely N-dealkylation sites (tertiary alicyclic amines) is 1. The minimum Gasteiger partial charge on any atom is -0.336 e. The molecule has 0 spiro atoms. The Labute approximate surface area is 160 Å². The van der Waals surface area contributed by atoms with Gasteiger partial charge in [0.1, 0.15) is 0 Å². The molecule has 0 bridgehead atoms. The van der Waals surface area contributed by atoms with Crippen molar-refractivity contribution < 1.29 is 4.79 Å². The number of amides is 1. The maximum atomic E-state index is 13.5. The molecule has 1 saturated heterocycles. The van der Waals surface area contributed by atoms with Crippen LogP contribution >= 0.6 is 0 Å². The number of fused-ring (bicyclic) bond motifs is 1. The largest absolute Gasteiger partial charge is 0.336 e. The number of hydrogen-bond acceptors (Lipinski definition) is 3. The Kier molecular flexibility index (Phi) is 4.68. The van der Waals surface area contributed by atoms with Gasteiger partial charge in [-0.2, -0.15) is 5.10 Å². The van der Waals surface area contributed by atoms with Crippen LogP contribution in [0.4, 0.5) is 0 Å². The molecule has 1 atom stereocenters. The second-order valence-corrected chi connectivity index (χ2v) is 7.39. The van der Waals surface area contributed by atoms with Gasteiger partial charge in [-0.3, -0.25) is 4.79 Å². The third-order valence-electron chi connectivity index (χ3n) is 5.52. The molecule has 0 saturated carbocycles. The average Bonchev–Trinajstić information content (AvgIpc) is 3.04. The lowest BCUT2D eigenvalue weighted by atomic mass is 10.0. The lowest BCUT2D eigenvalue weighted by Gasteiger charge is -2.33. The van der Waals surface area contributed by atoms with Crippen LogP contribution in [0, 0.1) is 6.92 Å². The fraction of sp³-hybridized carbons (Fsp3) is 0.409. The molecule has 1 aliphatic heterocycles. The zero-order chi connectivity index (χ0) is 19.0. The summed E-state index contributed by atoms with van der Waals surface area (Å²) in [6, 6.07) is 12.2. The number of aromatic nitrogens is 3. The second kappa shape index (κ2) is 7.14. The summed E-state index contributed by atoms with van der Waals surface area (Å²) in [4.78, 5) is 20.3. The van der Waals surface area contributed by atoms with E-state index in [1.165, 1.54) is 6.42 Å². The van der Waals surface area contributed by atoms with E-state index in [1.807, 2.05) is 52.9 Å². The molecule has 1 aliphatic rings. The van der Waals surface area contributed by atoms with Crippen molar-refractivity contribution in [2.24, 2.45) is 0 Å². The van der Waals surface area contributed by atoms with Crippen molar-refractivity contribution in [1.82, 2.24) is 19.7 Å². The van der Waals surface area contributed by atoms with Gasteiger partial charge in [0.15, 0.2) is 5.65 Å². The molecule has 1 unspecified atom stereocenters. The quantitative estimate of drug-likeness (QED) is 0.698. The number of pyridine rings is 1. The number of para-hydroxylation sites is 1. The number of rotatable bonds is 3. The van der Waals surface area contributed by atoms with E-state index in [2.05, 4.69) is 13.8 Å². The summed E-state index contributed by atoms with van der Waals surface area (Å²) < 4.78 is 1.86. The Morgan fingerprint density at radius 1 is 1.22 bits per heavy atom. The van der Waals surface area contributed by atoms with Gasteiger partial charge in [0.05, 0.1) is 22.3 Å². The van der Waals surface area contributed by atoms with Crippen LogP contribution in [-0.2, 0) is 6.42 Å². The van der Waals surface area contributed by atoms with Crippen LogP contribution < -0.4 is 0 Å². The highest BCUT2D eigenvalue weighted by atomic mass is 16.2. The normalized spacial score (nSPS) is 17.4. The molecule has 3 heterocycles. The highest BCUT2D eigenvalue weighted by Gasteiger charge is 2.28. The van der Waals surface area contributed by atoms with Crippen molar-refractivity contribution >= 4 is 16.9 Å². The van der Waals surface area contributed by atoms with Gasteiger partial charge >= 0.3 is 0 Å². The monoisotopic (exact) mass is 362 g/mol. The minimum absolute atomic E-state index is 0.111. The zero-order valence-electron chi connectivity index (χ0n) is 16.3. The number of hydrogen-bond donors (Lipinski definition) is 0. The first kappa shape index (κ1) is 17.7. The second-order valence-electron chi connectivity index (χ2n) is 7.39. The Hall–Kier alpha value is -2.69. The summed E-state index contributed by atoms with van der Waals surface area (Å²) in [5.74, 6) is 0.111. The van der Waals surface area contributed by atoms with Crippen LogP contribution in [0.5, 0.6) is 0 Å². The van der Waals surface area contributed by atoms with Crippen molar-refractivity contribution in [2.75, 3.05) is 6.54 Å². The Morgan fingerprint density at radius 3 is 2.70 bits per heavy atom. The number of aryl methyl sites for hydroxylation is 2. The molecule has 2 aromatic heterocycles. The third kappa shape index (κ3) is 3.11. The minimum atomic E-state index is 0.111. The predicted octanol–water partition coefficient (Wildman–Crippen LogP) is 4.31. The molecular formula is C22H26N4O. The van der Waals surface area contributed by atoms with Crippen molar-refractivity contribution in [3.05, 3.63) is 53.3 Å². The number of benzene rings is 1. The van der Waals surface area contributed by atoms with E-state index in [-0.39, 0.29) is 11.9 Å². The smallest absolute Gasteiger partial charge is 0.254 e. The molecule has 1 aromatic carbocycles. The molecule has 27 heavy (non-hydrogen) atoms. The molecule has 1 fully saturated rings. The van der Waals surface area contributed by atoms with Gasteiger partial charge in [0.2, 0.25) is 0 Å². The molecule has 5 heteroatoms. The number of carbonyl (C=O) groups is 1. The molecule has 3 aromatic rings. The summed E-state index contributed by atoms with van der Waals surface area (Å²) in [5, 5.41) is 5.60. The van der Waals surface area contributed by atoms with Crippen LogP contribution in [0.15, 0.2) is 36.4 Å². The van der Waals surface area contributed by atoms with Crippen LogP contribution in [0.25, 0.3) is 16.7 Å². The first-order valence-electron chi connectivity index (χ1n) is 9.85. The third-order valence-corrected chi connectivity index (χ3v) is 5.52. The van der Waals surface area contributed by atoms with Crippen molar-refractivity contribution in [3.63, 3.8) is 0 Å². The van der Waals surface area contributed by atoms with Crippen LogP contribution in [0.3, 0.4) is 0 Å². The van der Waals surface area contributed by atoms with Gasteiger partial charge in [-0.25, -0.2) is 9.67 Å². The van der Waals surface area contributed by atoms with Crippen molar-refractivity contribution in [2.45, 2.75) is 52.5 Å². The van der Waals surface area contributed by atoms with E-state index in [9.17, 15) is 4.79 Å². The molecule has 5 nitrogen and oxygen atoms in total. The van der Waals surface area contributed by atoms with E-state index in [0.29, 0.717) is 0 Å². The van der Waals surface area contributed by atoms with E-state index in [0.717, 1.165) is 59.5 Å². The van der Waals surface area contributed by atoms with Gasteiger partial charge in [-0.15, -0.1) is 0 Å². The Balaban J connectivity index is 1.90. The fourth-order valence-corrected chi connectivity index (χ4v) is 3.99. The molecular weight excluding hydrogens is 336 g/mol. The number of nitrogens with zero attached hydrogens (tertiary/aromatic N) is 4. The molecule has 1 amide bonds. The summed E-state index contributed by atoms with van der Waals surface area (Å²) in [6.45, 7) is 7.01. The van der Waals surface area contributed by atoms with Gasteiger partial charge in [-0.05, 0) is 57.7 Å². The summed E-state index contributed by atoms with van der Waals surface area (Å²) in [7, 11) is 0. The zero-order valence-corrected chi connectivity index (χ0v) is 16.3. The van der Waals surface area contributed by atoms with Crippen LogP contribution in [0.2, 0.25) is 0 Å². The number of piperidine rings is 1. The van der Waals surface area contributed by atoms with Crippen LogP contribution in [0.1, 0.15) is 54.9 Å². The summed E-state index contributed by atoms with van der Waals surface area (Å²) >= 11 is 0. The highest BCUT2D eigenvalue weighted by molar-refractivity contribution is 6.07. The summed E-state index contributed by atoms with van der Waals surface area (Å²) in [6.07, 6.45) is 4.13. The van der Waals surface area contributed by atoms with Gasteiger partial charge < -0.3 is 4.90 Å². The van der Waals surface area contributed by atoms with Crippen molar-refractivity contribution in [3.8, 4) is 5.69 Å². The van der Waals surface area contributed by atoms with E-state index < -0.39 is 0 Å². The lowest BCUT2D eigenvalue weighted by Crippen LogP contribution is -2.42. The van der Waals surface area contributed by atoms with Gasteiger partial charge in [0, 0.05) is 18.3 Å².